The lowest BCUT2D eigenvalue weighted by Crippen LogP contribution is -2.32. The third-order valence-electron chi connectivity index (χ3n) is 4.66. The summed E-state index contributed by atoms with van der Waals surface area (Å²) in [7, 11) is -3.85. The summed E-state index contributed by atoms with van der Waals surface area (Å²) in [6, 6.07) is 17.8. The Morgan fingerprint density at radius 1 is 1.06 bits per heavy atom. The fourth-order valence-electron chi connectivity index (χ4n) is 2.96. The molecule has 10 heteroatoms. The Morgan fingerprint density at radius 3 is 2.27 bits per heavy atom. The number of carbonyl (C=O) groups is 1. The number of phenols is 1. The summed E-state index contributed by atoms with van der Waals surface area (Å²) in [5, 5.41) is 13.7. The highest BCUT2D eigenvalue weighted by atomic mass is 79.9. The van der Waals surface area contributed by atoms with Crippen LogP contribution >= 0.6 is 31.9 Å². The van der Waals surface area contributed by atoms with Crippen LogP contribution in [0.5, 0.6) is 5.75 Å². The van der Waals surface area contributed by atoms with Gasteiger partial charge in [0.15, 0.2) is 0 Å². The van der Waals surface area contributed by atoms with Crippen molar-refractivity contribution in [3.8, 4) is 5.75 Å². The predicted molar refractivity (Wildman–Crippen MR) is 135 cm³/mol. The van der Waals surface area contributed by atoms with Gasteiger partial charge >= 0.3 is 0 Å². The van der Waals surface area contributed by atoms with E-state index in [0.717, 1.165) is 5.56 Å². The van der Waals surface area contributed by atoms with Crippen molar-refractivity contribution < 1.29 is 18.3 Å². The van der Waals surface area contributed by atoms with E-state index in [2.05, 4.69) is 47.1 Å². The normalized spacial score (nSPS) is 12.6. The third kappa shape index (κ3) is 6.97. The Kier molecular flexibility index (Phi) is 8.41. The highest BCUT2D eigenvalue weighted by molar-refractivity contribution is 9.11. The number of nitrogens with one attached hydrogen (secondary N) is 2. The van der Waals surface area contributed by atoms with Gasteiger partial charge in [-0.1, -0.05) is 48.0 Å². The summed E-state index contributed by atoms with van der Waals surface area (Å²) < 4.78 is 29.4. The molecule has 0 aliphatic heterocycles. The fraction of sp³-hybridized carbons (Fsp3) is 0.130. The van der Waals surface area contributed by atoms with Crippen molar-refractivity contribution in [1.82, 2.24) is 10.1 Å². The topological polar surface area (TPSA) is 108 Å². The highest BCUT2D eigenvalue weighted by Gasteiger charge is 2.23. The van der Waals surface area contributed by atoms with Crippen LogP contribution in [0.15, 0.2) is 85.7 Å². The van der Waals surface area contributed by atoms with E-state index >= 15 is 0 Å². The van der Waals surface area contributed by atoms with E-state index in [1.54, 1.807) is 48.5 Å². The van der Waals surface area contributed by atoms with Gasteiger partial charge in [-0.25, -0.2) is 18.6 Å². The second-order valence-corrected chi connectivity index (χ2v) is 10.7. The Balaban J connectivity index is 1.74. The van der Waals surface area contributed by atoms with Gasteiger partial charge in [-0.2, -0.15) is 5.10 Å². The average molecular weight is 595 g/mol. The molecular weight excluding hydrogens is 574 g/mol. The van der Waals surface area contributed by atoms with E-state index < -0.39 is 22.0 Å². The molecule has 0 bridgehead atoms. The minimum absolute atomic E-state index is 0.0581. The summed E-state index contributed by atoms with van der Waals surface area (Å²) >= 11 is 6.47. The van der Waals surface area contributed by atoms with Crippen LogP contribution in [0.25, 0.3) is 0 Å². The van der Waals surface area contributed by atoms with Gasteiger partial charge in [-0.05, 0) is 74.2 Å². The van der Waals surface area contributed by atoms with Gasteiger partial charge < -0.3 is 5.11 Å². The molecule has 172 valence electrons. The monoisotopic (exact) mass is 593 g/mol. The molecule has 33 heavy (non-hydrogen) atoms. The molecule has 7 nitrogen and oxygen atoms in total. The molecule has 0 aliphatic carbocycles. The van der Waals surface area contributed by atoms with Crippen molar-refractivity contribution in [3.63, 3.8) is 0 Å². The number of halogens is 2. The first-order valence-corrected chi connectivity index (χ1v) is 12.9. The lowest BCUT2D eigenvalue weighted by atomic mass is 10.0. The number of amides is 1. The van der Waals surface area contributed by atoms with Crippen LogP contribution in [0.4, 0.5) is 0 Å². The van der Waals surface area contributed by atoms with Gasteiger partial charge in [0, 0.05) is 6.42 Å². The Labute approximate surface area is 209 Å². The maximum absolute atomic E-state index is 12.9. The Hall–Kier alpha value is -2.53. The van der Waals surface area contributed by atoms with Crippen LogP contribution in [0.1, 0.15) is 29.2 Å². The molecule has 0 saturated heterocycles. The molecule has 1 amide bonds. The molecule has 0 aromatic heterocycles. The number of nitrogens with zero attached hydrogens (tertiary/aromatic N) is 1. The second kappa shape index (κ2) is 11.1. The zero-order valence-electron chi connectivity index (χ0n) is 17.5. The van der Waals surface area contributed by atoms with E-state index in [4.69, 9.17) is 0 Å². The first-order valence-electron chi connectivity index (χ1n) is 9.79. The van der Waals surface area contributed by atoms with Crippen LogP contribution in [0.3, 0.4) is 0 Å². The summed E-state index contributed by atoms with van der Waals surface area (Å²) in [6.07, 6.45) is 1.26. The lowest BCUT2D eigenvalue weighted by molar-refractivity contribution is -0.121. The molecule has 0 heterocycles. The number of hydrogen-bond acceptors (Lipinski definition) is 5. The summed E-state index contributed by atoms with van der Waals surface area (Å²) in [6.45, 7) is 1.87. The molecular formula is C23H21Br2N3O4S. The average Bonchev–Trinajstić information content (AvgIpc) is 2.77. The molecule has 0 fully saturated rings. The number of benzene rings is 3. The first-order chi connectivity index (χ1) is 15.7. The molecule has 0 radical (unpaired) electrons. The summed E-state index contributed by atoms with van der Waals surface area (Å²) in [5.41, 5.74) is 4.65. The maximum Gasteiger partial charge on any atom is 0.242 e. The van der Waals surface area contributed by atoms with Gasteiger partial charge in [0.2, 0.25) is 15.9 Å². The fourth-order valence-corrected chi connectivity index (χ4v) is 5.40. The molecule has 3 aromatic carbocycles. The highest BCUT2D eigenvalue weighted by Crippen LogP contribution is 2.32. The van der Waals surface area contributed by atoms with Crippen molar-refractivity contribution in [2.24, 2.45) is 5.10 Å². The molecule has 1 atom stereocenters. The number of sulfonamides is 1. The van der Waals surface area contributed by atoms with Gasteiger partial charge in [0.1, 0.15) is 5.75 Å². The van der Waals surface area contributed by atoms with Crippen LogP contribution in [0.2, 0.25) is 0 Å². The lowest BCUT2D eigenvalue weighted by Gasteiger charge is -2.18. The minimum Gasteiger partial charge on any atom is -0.506 e. The molecule has 0 aliphatic rings. The minimum atomic E-state index is -3.85. The van der Waals surface area contributed by atoms with Gasteiger partial charge in [-0.3, -0.25) is 4.79 Å². The second-order valence-electron chi connectivity index (χ2n) is 7.23. The van der Waals surface area contributed by atoms with E-state index in [9.17, 15) is 18.3 Å². The molecule has 3 aromatic rings. The van der Waals surface area contributed by atoms with Crippen molar-refractivity contribution in [2.75, 3.05) is 0 Å². The van der Waals surface area contributed by atoms with Crippen molar-refractivity contribution in [3.05, 3.63) is 92.4 Å². The van der Waals surface area contributed by atoms with Gasteiger partial charge in [0.25, 0.3) is 0 Å². The standard InChI is InChI=1S/C23H21Br2N3O4S/c1-15-7-9-18(10-8-15)33(31,32)28-21(17-5-3-2-4-6-17)13-22(29)27-26-14-16-11-19(24)23(30)20(25)12-16/h2-12,14,21,28,30H,13H2,1H3,(H,27,29)/b26-14-/t21-/m1/s1. The van der Waals surface area contributed by atoms with E-state index in [1.807, 2.05) is 13.0 Å². The van der Waals surface area contributed by atoms with Gasteiger partial charge in [-0.15, -0.1) is 0 Å². The number of carbonyl (C=O) groups excluding carboxylic acids is 1. The molecule has 3 rings (SSSR count). The van der Waals surface area contributed by atoms with E-state index in [1.165, 1.54) is 18.3 Å². The summed E-state index contributed by atoms with van der Waals surface area (Å²) in [4.78, 5) is 12.7. The van der Waals surface area contributed by atoms with Crippen LogP contribution in [-0.2, 0) is 14.8 Å². The summed E-state index contributed by atoms with van der Waals surface area (Å²) in [5.74, 6) is -0.411. The Bertz CT molecular complexity index is 1240. The third-order valence-corrected chi connectivity index (χ3v) is 7.36. The molecule has 0 unspecified atom stereocenters. The number of hydrogen-bond donors (Lipinski definition) is 3. The molecule has 3 N–H and O–H groups in total. The van der Waals surface area contributed by atoms with Crippen LogP contribution in [0, 0.1) is 6.92 Å². The molecule has 0 spiro atoms. The number of rotatable bonds is 8. The van der Waals surface area contributed by atoms with Crippen molar-refractivity contribution in [1.29, 1.82) is 0 Å². The zero-order valence-corrected chi connectivity index (χ0v) is 21.5. The number of hydrazone groups is 1. The van der Waals surface area contributed by atoms with Crippen LogP contribution in [-0.4, -0.2) is 25.6 Å². The predicted octanol–water partition coefficient (Wildman–Crippen LogP) is 4.79. The SMILES string of the molecule is Cc1ccc(S(=O)(=O)N[C@H](CC(=O)N/N=C\c2cc(Br)c(O)c(Br)c2)c2ccccc2)cc1. The van der Waals surface area contributed by atoms with Crippen molar-refractivity contribution in [2.45, 2.75) is 24.3 Å². The smallest absolute Gasteiger partial charge is 0.242 e. The van der Waals surface area contributed by atoms with Crippen LogP contribution < -0.4 is 10.1 Å². The van der Waals surface area contributed by atoms with Crippen molar-refractivity contribution >= 4 is 54.0 Å². The zero-order chi connectivity index (χ0) is 24.0. The number of aromatic hydroxyl groups is 1. The van der Waals surface area contributed by atoms with E-state index in [0.29, 0.717) is 20.1 Å². The number of aryl methyl sites for hydroxylation is 1. The first kappa shape index (κ1) is 25.1. The van der Waals surface area contributed by atoms with E-state index in [-0.39, 0.29) is 17.1 Å². The number of phenolic OH excluding ortho intramolecular Hbond substituents is 1. The molecule has 0 saturated carbocycles. The maximum atomic E-state index is 12.9. The quantitative estimate of drug-likeness (QED) is 0.257. The largest absolute Gasteiger partial charge is 0.506 e. The van der Waals surface area contributed by atoms with Gasteiger partial charge in [0.05, 0.1) is 26.1 Å². The Morgan fingerprint density at radius 2 is 1.67 bits per heavy atom.